The number of nitrogens with zero attached hydrogens (tertiary/aromatic N) is 3. The van der Waals surface area contributed by atoms with Crippen LogP contribution in [0.2, 0.25) is 0 Å². The summed E-state index contributed by atoms with van der Waals surface area (Å²) in [5.41, 5.74) is 6.57. The first-order valence-corrected chi connectivity index (χ1v) is 9.56. The van der Waals surface area contributed by atoms with Gasteiger partial charge < -0.3 is 20.1 Å². The van der Waals surface area contributed by atoms with Gasteiger partial charge in [0.25, 0.3) is 5.91 Å². The van der Waals surface area contributed by atoms with E-state index in [1.54, 1.807) is 7.05 Å². The number of aromatic nitrogens is 3. The molecule has 0 saturated heterocycles. The molecule has 0 atom stereocenters. The van der Waals surface area contributed by atoms with Crippen LogP contribution in [0.1, 0.15) is 28.4 Å². The van der Waals surface area contributed by atoms with Crippen molar-refractivity contribution in [3.63, 3.8) is 0 Å². The molecule has 2 amide bonds. The smallest absolute Gasteiger partial charge is 0.387 e. The van der Waals surface area contributed by atoms with E-state index in [9.17, 15) is 18.4 Å². The number of benzene rings is 2. The second kappa shape index (κ2) is 10.3. The van der Waals surface area contributed by atoms with E-state index in [1.165, 1.54) is 23.1 Å². The van der Waals surface area contributed by atoms with E-state index in [-0.39, 0.29) is 30.5 Å². The van der Waals surface area contributed by atoms with Gasteiger partial charge in [0.1, 0.15) is 17.3 Å². The molecule has 2 aromatic carbocycles. The Hall–Kier alpha value is -4.02. The minimum absolute atomic E-state index is 0.00361. The third-order valence-electron chi connectivity index (χ3n) is 4.43. The Morgan fingerprint density at radius 1 is 1.28 bits per heavy atom. The number of alkyl halides is 2. The highest BCUT2D eigenvalue weighted by atomic mass is 19.3. The van der Waals surface area contributed by atoms with Gasteiger partial charge in [-0.1, -0.05) is 30.3 Å². The lowest BCUT2D eigenvalue weighted by Gasteiger charge is -2.17. The van der Waals surface area contributed by atoms with Gasteiger partial charge in [-0.25, -0.2) is 4.98 Å². The van der Waals surface area contributed by atoms with Crippen LogP contribution in [0, 0.1) is 0 Å². The van der Waals surface area contributed by atoms with Crippen molar-refractivity contribution in [2.24, 2.45) is 5.73 Å². The van der Waals surface area contributed by atoms with Crippen LogP contribution in [0.25, 0.3) is 0 Å². The first-order chi connectivity index (χ1) is 15.3. The van der Waals surface area contributed by atoms with Crippen molar-refractivity contribution in [1.82, 2.24) is 15.2 Å². The van der Waals surface area contributed by atoms with Gasteiger partial charge in [0.2, 0.25) is 11.7 Å². The molecular formula is C21H21F2N5O4. The fourth-order valence-corrected chi connectivity index (χ4v) is 2.88. The van der Waals surface area contributed by atoms with Crippen LogP contribution >= 0.6 is 0 Å². The Balaban J connectivity index is 0.000000182. The largest absolute Gasteiger partial charge is 0.491 e. The normalized spacial score (nSPS) is 12.9. The van der Waals surface area contributed by atoms with Crippen LogP contribution in [-0.4, -0.2) is 47.3 Å². The number of amides is 2. The number of fused-ring (bicyclic) bond motifs is 1. The highest BCUT2D eigenvalue weighted by molar-refractivity contribution is 5.95. The predicted molar refractivity (Wildman–Crippen MR) is 111 cm³/mol. The Bertz CT molecular complexity index is 1080. The number of H-pyrrole nitrogens is 1. The van der Waals surface area contributed by atoms with Gasteiger partial charge in [-0.05, 0) is 17.7 Å². The molecule has 32 heavy (non-hydrogen) atoms. The molecule has 1 aliphatic heterocycles. The van der Waals surface area contributed by atoms with E-state index in [2.05, 4.69) is 19.9 Å². The molecule has 0 radical (unpaired) electrons. The van der Waals surface area contributed by atoms with Gasteiger partial charge in [0.15, 0.2) is 0 Å². The summed E-state index contributed by atoms with van der Waals surface area (Å²) >= 11 is 0. The maximum atomic E-state index is 12.1. The first-order valence-electron chi connectivity index (χ1n) is 9.56. The van der Waals surface area contributed by atoms with Crippen LogP contribution in [0.4, 0.5) is 14.5 Å². The summed E-state index contributed by atoms with van der Waals surface area (Å²) < 4.78 is 33.8. The fourth-order valence-electron chi connectivity index (χ4n) is 2.88. The zero-order chi connectivity index (χ0) is 23.1. The second-order valence-corrected chi connectivity index (χ2v) is 6.69. The van der Waals surface area contributed by atoms with Gasteiger partial charge in [0, 0.05) is 19.5 Å². The zero-order valence-electron chi connectivity index (χ0n) is 17.1. The molecule has 3 aromatic rings. The topological polar surface area (TPSA) is 123 Å². The lowest BCUT2D eigenvalue weighted by Crippen LogP contribution is -2.25. The molecule has 0 spiro atoms. The number of carbonyl (C=O) groups excluding carboxylic acids is 2. The van der Waals surface area contributed by atoms with Gasteiger partial charge in [-0.15, -0.1) is 5.10 Å². The van der Waals surface area contributed by atoms with E-state index in [1.807, 2.05) is 30.3 Å². The summed E-state index contributed by atoms with van der Waals surface area (Å²) in [5.74, 6) is 0.406. The Morgan fingerprint density at radius 3 is 2.69 bits per heavy atom. The number of aromatic amines is 1. The van der Waals surface area contributed by atoms with E-state index < -0.39 is 12.5 Å². The molecule has 1 aromatic heterocycles. The Labute approximate surface area is 182 Å². The molecule has 3 N–H and O–H groups in total. The van der Waals surface area contributed by atoms with Gasteiger partial charge in [-0.2, -0.15) is 8.78 Å². The van der Waals surface area contributed by atoms with Crippen molar-refractivity contribution in [2.75, 3.05) is 18.6 Å². The minimum atomic E-state index is -2.89. The fraction of sp³-hybridized carbons (Fsp3) is 0.238. The first kappa shape index (κ1) is 22.7. The van der Waals surface area contributed by atoms with Crippen molar-refractivity contribution in [1.29, 1.82) is 0 Å². The molecule has 0 saturated carbocycles. The van der Waals surface area contributed by atoms with Gasteiger partial charge >= 0.3 is 6.61 Å². The molecule has 2 heterocycles. The zero-order valence-corrected chi connectivity index (χ0v) is 17.1. The predicted octanol–water partition coefficient (Wildman–Crippen LogP) is 2.53. The molecule has 0 unspecified atom stereocenters. The summed E-state index contributed by atoms with van der Waals surface area (Å²) in [4.78, 5) is 27.7. The molecule has 11 heteroatoms. The number of primary amides is 1. The summed E-state index contributed by atoms with van der Waals surface area (Å²) in [5, 5.41) is 6.37. The number of nitrogens with one attached hydrogen (secondary N) is 1. The number of halogens is 2. The molecule has 1 aliphatic rings. The van der Waals surface area contributed by atoms with Crippen molar-refractivity contribution in [3.05, 3.63) is 65.7 Å². The number of nitrogens with two attached hydrogens (primary N) is 1. The van der Waals surface area contributed by atoms with E-state index in [0.29, 0.717) is 23.7 Å². The van der Waals surface area contributed by atoms with Gasteiger partial charge in [-0.3, -0.25) is 14.7 Å². The maximum absolute atomic E-state index is 12.1. The third kappa shape index (κ3) is 6.00. The second-order valence-electron chi connectivity index (χ2n) is 6.69. The highest BCUT2D eigenvalue weighted by Gasteiger charge is 2.21. The van der Waals surface area contributed by atoms with Crippen molar-refractivity contribution in [2.45, 2.75) is 19.5 Å². The number of carbonyl (C=O) groups is 2. The third-order valence-corrected chi connectivity index (χ3v) is 4.43. The summed E-state index contributed by atoms with van der Waals surface area (Å²) in [6.07, 6.45) is 0.872. The Morgan fingerprint density at radius 2 is 2.03 bits per heavy atom. The highest BCUT2D eigenvalue weighted by Crippen LogP contribution is 2.34. The van der Waals surface area contributed by atoms with Crippen molar-refractivity contribution >= 4 is 17.5 Å². The SMILES string of the molecule is CN1C(=O)CCOc2ccc(OC(F)F)cc21.NC(=O)c1n[nH]c(Cc2ccccc2)n1. The molecule has 0 aliphatic carbocycles. The average molecular weight is 445 g/mol. The number of anilines is 1. The van der Waals surface area contributed by atoms with Crippen LogP contribution in [-0.2, 0) is 11.2 Å². The van der Waals surface area contributed by atoms with Gasteiger partial charge in [0.05, 0.1) is 18.7 Å². The summed E-state index contributed by atoms with van der Waals surface area (Å²) in [6.45, 7) is -2.61. The number of ether oxygens (including phenoxy) is 2. The number of hydrogen-bond acceptors (Lipinski definition) is 6. The van der Waals surface area contributed by atoms with Crippen molar-refractivity contribution < 1.29 is 27.8 Å². The monoisotopic (exact) mass is 445 g/mol. The van der Waals surface area contributed by atoms with E-state index >= 15 is 0 Å². The lowest BCUT2D eigenvalue weighted by atomic mass is 10.1. The number of hydrogen-bond donors (Lipinski definition) is 2. The molecule has 9 nitrogen and oxygen atoms in total. The molecule has 0 fully saturated rings. The van der Waals surface area contributed by atoms with Crippen LogP contribution in [0.3, 0.4) is 0 Å². The lowest BCUT2D eigenvalue weighted by molar-refractivity contribution is -0.118. The van der Waals surface area contributed by atoms with E-state index in [0.717, 1.165) is 5.56 Å². The van der Waals surface area contributed by atoms with Crippen molar-refractivity contribution in [3.8, 4) is 11.5 Å². The molecule has 168 valence electrons. The number of rotatable bonds is 5. The molecule has 4 rings (SSSR count). The quantitative estimate of drug-likeness (QED) is 0.622. The van der Waals surface area contributed by atoms with E-state index in [4.69, 9.17) is 10.5 Å². The maximum Gasteiger partial charge on any atom is 0.387 e. The molecular weight excluding hydrogens is 424 g/mol. The van der Waals surface area contributed by atoms with Crippen LogP contribution in [0.5, 0.6) is 11.5 Å². The summed E-state index contributed by atoms with van der Waals surface area (Å²) in [6, 6.07) is 14.1. The Kier molecular flexibility index (Phi) is 7.32. The minimum Gasteiger partial charge on any atom is -0.491 e. The average Bonchev–Trinajstić information content (AvgIpc) is 3.18. The van der Waals surface area contributed by atoms with Crippen LogP contribution < -0.4 is 20.1 Å². The summed E-state index contributed by atoms with van der Waals surface area (Å²) in [7, 11) is 1.57. The van der Waals surface area contributed by atoms with Crippen LogP contribution in [0.15, 0.2) is 48.5 Å². The molecule has 0 bridgehead atoms. The standard InChI is InChI=1S/C11H11F2NO3.C10H10N4O/c1-14-8-6-7(17-11(12)13)2-3-9(8)16-5-4-10(14)15;11-9(15)10-12-8(13-14-10)6-7-4-2-1-3-5-7/h2-3,6,11H,4-5H2,1H3;1-5H,6H2,(H2,11,15)(H,12,13,14).